The molecule has 8 aromatic rings. The van der Waals surface area contributed by atoms with Crippen molar-refractivity contribution in [1.29, 1.82) is 0 Å². The van der Waals surface area contributed by atoms with Crippen LogP contribution in [0.1, 0.15) is 0 Å². The predicted molar refractivity (Wildman–Crippen MR) is 172 cm³/mol. The molecule has 0 N–H and O–H groups in total. The van der Waals surface area contributed by atoms with Gasteiger partial charge in [-0.05, 0) is 24.3 Å². The fraction of sp³-hybridized carbons (Fsp3) is 0. The molecule has 0 bridgehead atoms. The summed E-state index contributed by atoms with van der Waals surface area (Å²) in [6.45, 7) is 0. The van der Waals surface area contributed by atoms with Crippen LogP contribution in [0, 0.1) is 0 Å². The van der Waals surface area contributed by atoms with Gasteiger partial charge in [0.1, 0.15) is 0 Å². The average Bonchev–Trinajstić information content (AvgIpc) is 3.45. The van der Waals surface area contributed by atoms with Gasteiger partial charge in [-0.15, -0.1) is 11.3 Å². The zero-order chi connectivity index (χ0) is 27.2. The molecule has 0 atom stereocenters. The topological polar surface area (TPSA) is 38.7 Å². The van der Waals surface area contributed by atoms with Gasteiger partial charge in [0, 0.05) is 43.1 Å². The largest absolute Gasteiger partial charge is 0.246 e. The minimum Gasteiger partial charge on any atom is -0.246 e. The summed E-state index contributed by atoms with van der Waals surface area (Å²) in [6.07, 6.45) is 0. The third-order valence-electron chi connectivity index (χ3n) is 7.48. The Morgan fingerprint density at radius 1 is 0.439 bits per heavy atom. The highest BCUT2D eigenvalue weighted by Gasteiger charge is 2.17. The number of rotatable bonds is 4. The van der Waals surface area contributed by atoms with Gasteiger partial charge in [0.15, 0.2) is 5.82 Å². The van der Waals surface area contributed by atoms with E-state index >= 15 is 0 Å². The quantitative estimate of drug-likeness (QED) is 0.222. The molecule has 4 heteroatoms. The Morgan fingerprint density at radius 2 is 1.05 bits per heavy atom. The van der Waals surface area contributed by atoms with E-state index in [-0.39, 0.29) is 0 Å². The van der Waals surface area contributed by atoms with E-state index in [0.717, 1.165) is 44.9 Å². The highest BCUT2D eigenvalue weighted by Crippen LogP contribution is 2.43. The van der Waals surface area contributed by atoms with Crippen LogP contribution in [-0.2, 0) is 0 Å². The highest BCUT2D eigenvalue weighted by atomic mass is 32.1. The van der Waals surface area contributed by atoms with Gasteiger partial charge in [-0.3, -0.25) is 0 Å². The molecule has 0 aliphatic carbocycles. The van der Waals surface area contributed by atoms with Crippen molar-refractivity contribution in [3.05, 3.63) is 140 Å². The van der Waals surface area contributed by atoms with Crippen molar-refractivity contribution in [3.8, 4) is 45.2 Å². The first kappa shape index (κ1) is 23.7. The number of thiophene rings is 1. The molecule has 192 valence electrons. The number of pyridine rings is 1. The maximum absolute atomic E-state index is 5.21. The van der Waals surface area contributed by atoms with E-state index < -0.39 is 0 Å². The zero-order valence-electron chi connectivity index (χ0n) is 22.0. The van der Waals surface area contributed by atoms with E-state index in [1.54, 1.807) is 0 Å². The van der Waals surface area contributed by atoms with Crippen molar-refractivity contribution >= 4 is 42.4 Å². The lowest BCUT2D eigenvalue weighted by atomic mass is 10.0. The van der Waals surface area contributed by atoms with Gasteiger partial charge in [0.25, 0.3) is 0 Å². The second kappa shape index (κ2) is 9.77. The van der Waals surface area contributed by atoms with Gasteiger partial charge in [-0.1, -0.05) is 115 Å². The third-order valence-corrected chi connectivity index (χ3v) is 8.65. The Kier molecular flexibility index (Phi) is 5.64. The minimum absolute atomic E-state index is 0.711. The van der Waals surface area contributed by atoms with Gasteiger partial charge in [0.05, 0.1) is 27.3 Å². The van der Waals surface area contributed by atoms with Crippen LogP contribution < -0.4 is 0 Å². The lowest BCUT2D eigenvalue weighted by Gasteiger charge is -2.11. The van der Waals surface area contributed by atoms with Crippen molar-refractivity contribution in [2.75, 3.05) is 0 Å². The molecule has 41 heavy (non-hydrogen) atoms. The van der Waals surface area contributed by atoms with Crippen LogP contribution >= 0.6 is 11.3 Å². The number of hydrogen-bond donors (Lipinski definition) is 0. The molecule has 0 unspecified atom stereocenters. The molecule has 3 aromatic heterocycles. The molecule has 5 aromatic carbocycles. The molecular formula is C37H23N3S. The number of benzene rings is 5. The van der Waals surface area contributed by atoms with Crippen molar-refractivity contribution in [1.82, 2.24) is 15.0 Å². The summed E-state index contributed by atoms with van der Waals surface area (Å²) in [5.74, 6) is 0.711. The Balaban J connectivity index is 1.35. The molecule has 0 saturated carbocycles. The second-order valence-corrected chi connectivity index (χ2v) is 11.1. The van der Waals surface area contributed by atoms with Crippen LogP contribution in [-0.4, -0.2) is 15.0 Å². The summed E-state index contributed by atoms with van der Waals surface area (Å²) < 4.78 is 2.48. The number of nitrogens with zero attached hydrogens (tertiary/aromatic N) is 3. The standard InChI is InChI=1S/C37H23N3S/c1-3-12-24(13-4-1)31-23-32(40-37(39-31)25-14-5-2-6-15-25)26-16-11-17-27(22-26)35-36-34(28-18-7-9-20-30(28)38-35)29-19-8-10-21-33(29)41-36/h1-23H. The molecule has 0 radical (unpaired) electrons. The van der Waals surface area contributed by atoms with Gasteiger partial charge in [0.2, 0.25) is 0 Å². The Hall–Kier alpha value is -5.19. The molecule has 0 fully saturated rings. The van der Waals surface area contributed by atoms with E-state index in [2.05, 4.69) is 103 Å². The summed E-state index contributed by atoms with van der Waals surface area (Å²) in [6, 6.07) is 48.3. The van der Waals surface area contributed by atoms with Gasteiger partial charge >= 0.3 is 0 Å². The van der Waals surface area contributed by atoms with Crippen molar-refractivity contribution in [2.24, 2.45) is 0 Å². The molecule has 0 spiro atoms. The molecule has 3 heterocycles. The highest BCUT2D eigenvalue weighted by molar-refractivity contribution is 7.26. The van der Waals surface area contributed by atoms with Crippen LogP contribution in [0.15, 0.2) is 140 Å². The number of fused-ring (bicyclic) bond motifs is 5. The Bertz CT molecular complexity index is 2140. The molecule has 0 aliphatic heterocycles. The van der Waals surface area contributed by atoms with Crippen molar-refractivity contribution in [3.63, 3.8) is 0 Å². The zero-order valence-corrected chi connectivity index (χ0v) is 22.8. The van der Waals surface area contributed by atoms with E-state index in [1.807, 2.05) is 47.7 Å². The van der Waals surface area contributed by atoms with Gasteiger partial charge in [-0.2, -0.15) is 0 Å². The molecule has 0 aliphatic rings. The van der Waals surface area contributed by atoms with E-state index in [0.29, 0.717) is 5.82 Å². The van der Waals surface area contributed by atoms with E-state index in [9.17, 15) is 0 Å². The average molecular weight is 542 g/mol. The third kappa shape index (κ3) is 4.17. The normalized spacial score (nSPS) is 11.4. The summed E-state index contributed by atoms with van der Waals surface area (Å²) in [5, 5.41) is 3.74. The summed E-state index contributed by atoms with van der Waals surface area (Å²) in [5.41, 5.74) is 7.95. The van der Waals surface area contributed by atoms with Crippen molar-refractivity contribution < 1.29 is 0 Å². The lowest BCUT2D eigenvalue weighted by molar-refractivity contribution is 1.18. The van der Waals surface area contributed by atoms with Gasteiger partial charge in [-0.25, -0.2) is 15.0 Å². The maximum atomic E-state index is 5.21. The Labute approximate surface area is 241 Å². The minimum atomic E-state index is 0.711. The molecule has 8 rings (SSSR count). The molecule has 0 saturated heterocycles. The van der Waals surface area contributed by atoms with Crippen LogP contribution in [0.2, 0.25) is 0 Å². The van der Waals surface area contributed by atoms with Crippen LogP contribution in [0.4, 0.5) is 0 Å². The van der Waals surface area contributed by atoms with Gasteiger partial charge < -0.3 is 0 Å². The monoisotopic (exact) mass is 541 g/mol. The smallest absolute Gasteiger partial charge is 0.160 e. The van der Waals surface area contributed by atoms with Crippen LogP contribution in [0.3, 0.4) is 0 Å². The molecule has 0 amide bonds. The first-order chi connectivity index (χ1) is 20.3. The van der Waals surface area contributed by atoms with E-state index in [1.165, 1.54) is 25.6 Å². The summed E-state index contributed by atoms with van der Waals surface area (Å²) in [4.78, 5) is 15.2. The first-order valence-corrected chi connectivity index (χ1v) is 14.4. The first-order valence-electron chi connectivity index (χ1n) is 13.6. The number of para-hydroxylation sites is 1. The maximum Gasteiger partial charge on any atom is 0.160 e. The second-order valence-electron chi connectivity index (χ2n) is 10.1. The lowest BCUT2D eigenvalue weighted by Crippen LogP contribution is -1.96. The number of aromatic nitrogens is 3. The van der Waals surface area contributed by atoms with E-state index in [4.69, 9.17) is 15.0 Å². The summed E-state index contributed by atoms with van der Waals surface area (Å²) in [7, 11) is 0. The SMILES string of the molecule is c1ccc(-c2cc(-c3cccc(-c4nc5ccccc5c5c4sc4ccccc45)c3)nc(-c3ccccc3)n2)cc1. The van der Waals surface area contributed by atoms with Crippen LogP contribution in [0.5, 0.6) is 0 Å². The summed E-state index contributed by atoms with van der Waals surface area (Å²) >= 11 is 1.81. The fourth-order valence-corrected chi connectivity index (χ4v) is 6.75. The van der Waals surface area contributed by atoms with Crippen LogP contribution in [0.25, 0.3) is 76.2 Å². The Morgan fingerprint density at radius 3 is 1.85 bits per heavy atom. The molecule has 3 nitrogen and oxygen atoms in total. The fourth-order valence-electron chi connectivity index (χ4n) is 5.52. The van der Waals surface area contributed by atoms with Crippen molar-refractivity contribution in [2.45, 2.75) is 0 Å². The predicted octanol–water partition coefficient (Wildman–Crippen LogP) is 10.1. The molecular weight excluding hydrogens is 518 g/mol. The number of hydrogen-bond acceptors (Lipinski definition) is 4.